The lowest BCUT2D eigenvalue weighted by molar-refractivity contribution is -0.116. The average molecular weight is 356 g/mol. The van der Waals surface area contributed by atoms with Crippen molar-refractivity contribution >= 4 is 23.3 Å². The zero-order valence-corrected chi connectivity index (χ0v) is 14.2. The molecule has 0 saturated carbocycles. The number of benzene rings is 2. The Balaban J connectivity index is 1.88. The fourth-order valence-corrected chi connectivity index (χ4v) is 3.43. The van der Waals surface area contributed by atoms with Crippen molar-refractivity contribution in [1.82, 2.24) is 9.78 Å². The first-order valence-corrected chi connectivity index (χ1v) is 8.31. The molecule has 1 N–H and O–H groups in total. The highest BCUT2D eigenvalue weighted by molar-refractivity contribution is 6.31. The first-order valence-electron chi connectivity index (χ1n) is 7.94. The maximum atomic E-state index is 14.3. The maximum Gasteiger partial charge on any atom is 0.226 e. The molecule has 0 unspecified atom stereocenters. The van der Waals surface area contributed by atoms with Gasteiger partial charge >= 0.3 is 0 Å². The van der Waals surface area contributed by atoms with Gasteiger partial charge in [0.25, 0.3) is 0 Å². The molecule has 126 valence electrons. The standard InChI is InChI=1S/C19H15ClFN3O/c1-11-15(20)6-4-8-17(11)24-19-14(10-22-24)13(9-18(25)23-19)12-5-2-3-7-16(12)21/h2-8,10,13H,9H2,1H3,(H,23,25)/t13-/m0/s1. The summed E-state index contributed by atoms with van der Waals surface area (Å²) < 4.78 is 15.9. The van der Waals surface area contributed by atoms with E-state index in [2.05, 4.69) is 10.4 Å². The minimum atomic E-state index is -0.363. The topological polar surface area (TPSA) is 46.9 Å². The Morgan fingerprint density at radius 2 is 2.00 bits per heavy atom. The van der Waals surface area contributed by atoms with Gasteiger partial charge in [0, 0.05) is 22.9 Å². The number of rotatable bonds is 2. The van der Waals surface area contributed by atoms with Crippen molar-refractivity contribution < 1.29 is 9.18 Å². The van der Waals surface area contributed by atoms with Crippen LogP contribution in [-0.4, -0.2) is 15.7 Å². The molecule has 1 amide bonds. The molecule has 1 atom stereocenters. The summed E-state index contributed by atoms with van der Waals surface area (Å²) in [5.41, 5.74) is 2.94. The first kappa shape index (κ1) is 15.8. The Morgan fingerprint density at radius 1 is 1.20 bits per heavy atom. The van der Waals surface area contributed by atoms with Gasteiger partial charge in [0.1, 0.15) is 11.6 Å². The van der Waals surface area contributed by atoms with Crippen molar-refractivity contribution in [1.29, 1.82) is 0 Å². The van der Waals surface area contributed by atoms with Crippen LogP contribution in [0.3, 0.4) is 0 Å². The molecule has 2 aromatic carbocycles. The second kappa shape index (κ2) is 6.01. The Kier molecular flexibility index (Phi) is 3.81. The SMILES string of the molecule is Cc1c(Cl)cccc1-n1ncc2c1NC(=O)C[C@H]2c1ccccc1F. The van der Waals surface area contributed by atoms with E-state index in [0.29, 0.717) is 16.4 Å². The van der Waals surface area contributed by atoms with Crippen LogP contribution in [0, 0.1) is 12.7 Å². The molecule has 3 aromatic rings. The molecule has 0 spiro atoms. The molecule has 4 rings (SSSR count). The van der Waals surface area contributed by atoms with Crippen LogP contribution >= 0.6 is 11.6 Å². The highest BCUT2D eigenvalue weighted by Gasteiger charge is 2.32. The van der Waals surface area contributed by atoms with Crippen molar-refractivity contribution in [2.75, 3.05) is 5.32 Å². The van der Waals surface area contributed by atoms with Crippen molar-refractivity contribution in [2.45, 2.75) is 19.3 Å². The van der Waals surface area contributed by atoms with Gasteiger partial charge in [-0.2, -0.15) is 5.10 Å². The Labute approximate surface area is 149 Å². The van der Waals surface area contributed by atoms with Crippen LogP contribution < -0.4 is 5.32 Å². The molecule has 1 aliphatic heterocycles. The molecule has 2 heterocycles. The molecule has 25 heavy (non-hydrogen) atoms. The highest BCUT2D eigenvalue weighted by atomic mass is 35.5. The summed E-state index contributed by atoms with van der Waals surface area (Å²) in [7, 11) is 0. The monoisotopic (exact) mass is 355 g/mol. The van der Waals surface area contributed by atoms with Crippen molar-refractivity contribution in [3.05, 3.63) is 76.2 Å². The van der Waals surface area contributed by atoms with Gasteiger partial charge < -0.3 is 5.32 Å². The molecular weight excluding hydrogens is 341 g/mol. The number of anilines is 1. The van der Waals surface area contributed by atoms with E-state index in [0.717, 1.165) is 16.8 Å². The van der Waals surface area contributed by atoms with Crippen LogP contribution in [0.4, 0.5) is 10.2 Å². The Morgan fingerprint density at radius 3 is 2.80 bits per heavy atom. The fourth-order valence-electron chi connectivity index (χ4n) is 3.26. The number of amides is 1. The van der Waals surface area contributed by atoms with E-state index < -0.39 is 0 Å². The van der Waals surface area contributed by atoms with E-state index in [1.54, 1.807) is 35.1 Å². The van der Waals surface area contributed by atoms with E-state index in [-0.39, 0.29) is 24.1 Å². The lowest BCUT2D eigenvalue weighted by Gasteiger charge is -2.24. The van der Waals surface area contributed by atoms with Gasteiger partial charge in [0.05, 0.1) is 11.9 Å². The van der Waals surface area contributed by atoms with Crippen LogP contribution in [-0.2, 0) is 4.79 Å². The second-order valence-electron chi connectivity index (χ2n) is 6.07. The second-order valence-corrected chi connectivity index (χ2v) is 6.48. The van der Waals surface area contributed by atoms with E-state index in [1.807, 2.05) is 19.1 Å². The largest absolute Gasteiger partial charge is 0.310 e. The number of nitrogens with one attached hydrogen (secondary N) is 1. The van der Waals surface area contributed by atoms with Gasteiger partial charge in [-0.3, -0.25) is 4.79 Å². The number of nitrogens with zero attached hydrogens (tertiary/aromatic N) is 2. The summed E-state index contributed by atoms with van der Waals surface area (Å²) in [4.78, 5) is 12.3. The van der Waals surface area contributed by atoms with Gasteiger partial charge in [-0.1, -0.05) is 35.9 Å². The van der Waals surface area contributed by atoms with Gasteiger partial charge in [0.15, 0.2) is 0 Å². The maximum absolute atomic E-state index is 14.3. The Hall–Kier alpha value is -2.66. The summed E-state index contributed by atoms with van der Waals surface area (Å²) in [6, 6.07) is 12.1. The molecule has 0 bridgehead atoms. The summed E-state index contributed by atoms with van der Waals surface area (Å²) >= 11 is 6.21. The lowest BCUT2D eigenvalue weighted by Crippen LogP contribution is -2.25. The molecule has 1 aliphatic rings. The first-order chi connectivity index (χ1) is 12.1. The van der Waals surface area contributed by atoms with Crippen molar-refractivity contribution in [3.63, 3.8) is 0 Å². The van der Waals surface area contributed by atoms with Gasteiger partial charge in [-0.25, -0.2) is 9.07 Å². The summed E-state index contributed by atoms with van der Waals surface area (Å²) in [5, 5.41) is 7.92. The number of halogens is 2. The fraction of sp³-hybridized carbons (Fsp3) is 0.158. The van der Waals surface area contributed by atoms with Crippen molar-refractivity contribution in [2.24, 2.45) is 0 Å². The molecule has 4 nitrogen and oxygen atoms in total. The molecular formula is C19H15ClFN3O. The third kappa shape index (κ3) is 2.61. The predicted molar refractivity (Wildman–Crippen MR) is 94.8 cm³/mol. The normalized spacial score (nSPS) is 16.4. The molecule has 0 aliphatic carbocycles. The summed E-state index contributed by atoms with van der Waals surface area (Å²) in [6.45, 7) is 1.89. The minimum absolute atomic E-state index is 0.165. The summed E-state index contributed by atoms with van der Waals surface area (Å²) in [5.74, 6) is -0.282. The number of fused-ring (bicyclic) bond motifs is 1. The van der Waals surface area contributed by atoms with E-state index in [1.165, 1.54) is 6.07 Å². The molecule has 0 radical (unpaired) electrons. The third-order valence-corrected chi connectivity index (χ3v) is 4.98. The van der Waals surface area contributed by atoms with Crippen LogP contribution in [0.1, 0.15) is 29.0 Å². The Bertz CT molecular complexity index is 983. The smallest absolute Gasteiger partial charge is 0.226 e. The van der Waals surface area contributed by atoms with E-state index >= 15 is 0 Å². The quantitative estimate of drug-likeness (QED) is 0.738. The molecule has 0 saturated heterocycles. The number of aromatic nitrogens is 2. The summed E-state index contributed by atoms with van der Waals surface area (Å²) in [6.07, 6.45) is 1.88. The number of carbonyl (C=O) groups excluding carboxylic acids is 1. The third-order valence-electron chi connectivity index (χ3n) is 4.57. The zero-order chi connectivity index (χ0) is 17.6. The average Bonchev–Trinajstić information content (AvgIpc) is 3.01. The lowest BCUT2D eigenvalue weighted by atomic mass is 9.87. The van der Waals surface area contributed by atoms with Crippen LogP contribution in [0.5, 0.6) is 0 Å². The number of carbonyl (C=O) groups is 1. The zero-order valence-electron chi connectivity index (χ0n) is 13.5. The molecule has 0 fully saturated rings. The van der Waals surface area contributed by atoms with Gasteiger partial charge in [-0.15, -0.1) is 0 Å². The highest BCUT2D eigenvalue weighted by Crippen LogP contribution is 2.39. The van der Waals surface area contributed by atoms with Crippen LogP contribution in [0.25, 0.3) is 5.69 Å². The van der Waals surface area contributed by atoms with Crippen LogP contribution in [0.15, 0.2) is 48.7 Å². The number of hydrogen-bond acceptors (Lipinski definition) is 2. The molecule has 6 heteroatoms. The van der Waals surface area contributed by atoms with Crippen LogP contribution in [0.2, 0.25) is 5.02 Å². The van der Waals surface area contributed by atoms with Gasteiger partial charge in [0.2, 0.25) is 5.91 Å². The minimum Gasteiger partial charge on any atom is -0.310 e. The van der Waals surface area contributed by atoms with E-state index in [4.69, 9.17) is 11.6 Å². The molecule has 1 aromatic heterocycles. The van der Waals surface area contributed by atoms with Gasteiger partial charge in [-0.05, 0) is 36.2 Å². The van der Waals surface area contributed by atoms with E-state index in [9.17, 15) is 9.18 Å². The van der Waals surface area contributed by atoms with Crippen molar-refractivity contribution in [3.8, 4) is 5.69 Å². The number of hydrogen-bond donors (Lipinski definition) is 1. The predicted octanol–water partition coefficient (Wildman–Crippen LogP) is 4.45.